The first kappa shape index (κ1) is 22.1. The van der Waals surface area contributed by atoms with Crippen molar-refractivity contribution in [2.45, 2.75) is 98.8 Å². The fourth-order valence-corrected chi connectivity index (χ4v) is 8.50. The van der Waals surface area contributed by atoms with Crippen LogP contribution in [0, 0.1) is 46.3 Å². The second-order valence-electron chi connectivity index (χ2n) is 12.1. The van der Waals surface area contributed by atoms with Gasteiger partial charge in [0.2, 0.25) is 0 Å². The van der Waals surface area contributed by atoms with E-state index < -0.39 is 0 Å². The van der Waals surface area contributed by atoms with E-state index in [1.54, 1.807) is 0 Å². The molecule has 3 saturated carbocycles. The number of nitrogens with zero attached hydrogens (tertiary/aromatic N) is 1. The highest BCUT2D eigenvalue weighted by Gasteiger charge is 2.60. The van der Waals surface area contributed by atoms with Crippen LogP contribution in [0.25, 0.3) is 0 Å². The van der Waals surface area contributed by atoms with Crippen LogP contribution in [0.3, 0.4) is 0 Å². The lowest BCUT2D eigenvalue weighted by Crippen LogP contribution is -2.53. The second kappa shape index (κ2) is 8.10. The zero-order valence-electron chi connectivity index (χ0n) is 19.9. The third-order valence-electron chi connectivity index (χ3n) is 10.1. The van der Waals surface area contributed by atoms with Crippen molar-refractivity contribution in [1.29, 1.82) is 0 Å². The van der Waals surface area contributed by atoms with E-state index in [0.717, 1.165) is 42.6 Å². The van der Waals surface area contributed by atoms with Crippen molar-refractivity contribution >= 4 is 11.5 Å². The van der Waals surface area contributed by atoms with Gasteiger partial charge in [0, 0.05) is 12.0 Å². The third-order valence-corrected chi connectivity index (χ3v) is 10.1. The summed E-state index contributed by atoms with van der Waals surface area (Å²) in [5.41, 5.74) is 2.05. The first-order chi connectivity index (χ1) is 14.2. The summed E-state index contributed by atoms with van der Waals surface area (Å²) < 4.78 is 0. The Bertz CT molecular complexity index is 737. The first-order valence-corrected chi connectivity index (χ1v) is 12.7. The number of Topliss-reactive ketones (excluding diaryl/α,β-unsaturated/α-hetero) is 1. The summed E-state index contributed by atoms with van der Waals surface area (Å²) in [5.74, 6) is 4.66. The van der Waals surface area contributed by atoms with Gasteiger partial charge in [0.1, 0.15) is 0 Å². The standard InChI is InChI=1S/C27H43NO2/c1-17(2)7-6-8-18(3)21-9-10-22-20-16-25(29)24-15-19(28-30)11-13-27(24,5)23(20)12-14-26(21,22)4/h15,17-18,20-23,30H,6-14,16H2,1-5H3/t18-,20+,21-,22+,23+,26-,27+/m0/s1. The number of carbonyl (C=O) groups excluding carboxylic acids is 1. The number of ketones is 1. The molecule has 1 N–H and O–H groups in total. The highest BCUT2D eigenvalue weighted by Crippen LogP contribution is 2.67. The van der Waals surface area contributed by atoms with Crippen LogP contribution in [-0.2, 0) is 4.79 Å². The van der Waals surface area contributed by atoms with Gasteiger partial charge in [-0.3, -0.25) is 4.79 Å². The van der Waals surface area contributed by atoms with Crippen LogP contribution in [0.5, 0.6) is 0 Å². The van der Waals surface area contributed by atoms with Crippen LogP contribution in [0.1, 0.15) is 98.8 Å². The molecule has 7 atom stereocenters. The van der Waals surface area contributed by atoms with Gasteiger partial charge in [-0.2, -0.15) is 0 Å². The van der Waals surface area contributed by atoms with Gasteiger partial charge in [-0.15, -0.1) is 0 Å². The molecule has 30 heavy (non-hydrogen) atoms. The summed E-state index contributed by atoms with van der Waals surface area (Å²) in [5, 5.41) is 12.7. The summed E-state index contributed by atoms with van der Waals surface area (Å²) in [7, 11) is 0. The molecule has 3 fully saturated rings. The van der Waals surface area contributed by atoms with E-state index >= 15 is 0 Å². The summed E-state index contributed by atoms with van der Waals surface area (Å²) in [6, 6.07) is 0. The van der Waals surface area contributed by atoms with Crippen LogP contribution in [-0.4, -0.2) is 16.7 Å². The van der Waals surface area contributed by atoms with Gasteiger partial charge in [0.25, 0.3) is 0 Å². The quantitative estimate of drug-likeness (QED) is 0.388. The number of hydrogen-bond donors (Lipinski definition) is 1. The molecule has 0 radical (unpaired) electrons. The lowest BCUT2D eigenvalue weighted by atomic mass is 9.46. The number of allylic oxidation sites excluding steroid dienone is 2. The minimum Gasteiger partial charge on any atom is -0.411 e. The Balaban J connectivity index is 1.54. The Labute approximate surface area is 183 Å². The molecular weight excluding hydrogens is 370 g/mol. The maximum Gasteiger partial charge on any atom is 0.159 e. The van der Waals surface area contributed by atoms with Crippen molar-refractivity contribution < 1.29 is 10.0 Å². The van der Waals surface area contributed by atoms with E-state index in [2.05, 4.69) is 39.8 Å². The maximum atomic E-state index is 13.3. The fourth-order valence-electron chi connectivity index (χ4n) is 8.50. The molecule has 0 unspecified atom stereocenters. The zero-order chi connectivity index (χ0) is 21.7. The van der Waals surface area contributed by atoms with E-state index in [9.17, 15) is 10.0 Å². The maximum absolute atomic E-state index is 13.3. The van der Waals surface area contributed by atoms with E-state index in [-0.39, 0.29) is 5.41 Å². The highest BCUT2D eigenvalue weighted by atomic mass is 16.4. The molecule has 168 valence electrons. The SMILES string of the molecule is CC(C)CCC[C@H](C)[C@@H]1CC[C@@H]2[C@H]3CC(=O)C4=CC(=NO)CC[C@]4(C)[C@@H]3CC[C@]21C. The molecular formula is C27H43NO2. The van der Waals surface area contributed by atoms with Crippen molar-refractivity contribution in [3.05, 3.63) is 11.6 Å². The largest absolute Gasteiger partial charge is 0.411 e. The number of carbonyl (C=O) groups is 1. The normalized spacial score (nSPS) is 43.2. The minimum absolute atomic E-state index is 0.0174. The van der Waals surface area contributed by atoms with E-state index in [1.165, 1.54) is 44.9 Å². The Morgan fingerprint density at radius 2 is 1.87 bits per heavy atom. The van der Waals surface area contributed by atoms with Gasteiger partial charge < -0.3 is 5.21 Å². The summed E-state index contributed by atoms with van der Waals surface area (Å²) >= 11 is 0. The molecule has 0 amide bonds. The second-order valence-corrected chi connectivity index (χ2v) is 12.1. The minimum atomic E-state index is -0.0174. The lowest BCUT2D eigenvalue weighted by Gasteiger charge is -2.58. The molecule has 0 aliphatic heterocycles. The number of fused-ring (bicyclic) bond motifs is 5. The van der Waals surface area contributed by atoms with E-state index in [0.29, 0.717) is 34.7 Å². The van der Waals surface area contributed by atoms with Gasteiger partial charge >= 0.3 is 0 Å². The smallest absolute Gasteiger partial charge is 0.159 e. The van der Waals surface area contributed by atoms with Gasteiger partial charge in [-0.25, -0.2) is 0 Å². The van der Waals surface area contributed by atoms with E-state index in [1.807, 2.05) is 6.08 Å². The van der Waals surface area contributed by atoms with Crippen molar-refractivity contribution in [1.82, 2.24) is 0 Å². The molecule has 0 aromatic carbocycles. The molecule has 3 heteroatoms. The number of oxime groups is 1. The first-order valence-electron chi connectivity index (χ1n) is 12.7. The van der Waals surface area contributed by atoms with Gasteiger partial charge in [-0.1, -0.05) is 59.0 Å². The van der Waals surface area contributed by atoms with Crippen molar-refractivity contribution in [2.75, 3.05) is 0 Å². The Hall–Kier alpha value is -1.12. The molecule has 4 rings (SSSR count). The van der Waals surface area contributed by atoms with Crippen molar-refractivity contribution in [3.8, 4) is 0 Å². The fraction of sp³-hybridized carbons (Fsp3) is 0.852. The Morgan fingerprint density at radius 3 is 2.57 bits per heavy atom. The molecule has 0 bridgehead atoms. The highest BCUT2D eigenvalue weighted by molar-refractivity contribution is 6.07. The molecule has 0 saturated heterocycles. The molecule has 4 aliphatic carbocycles. The average molecular weight is 414 g/mol. The van der Waals surface area contributed by atoms with E-state index in [4.69, 9.17) is 0 Å². The average Bonchev–Trinajstić information content (AvgIpc) is 3.05. The van der Waals surface area contributed by atoms with Gasteiger partial charge in [-0.05, 0) is 90.9 Å². The third kappa shape index (κ3) is 3.48. The molecule has 0 heterocycles. The molecule has 4 aliphatic rings. The summed E-state index contributed by atoms with van der Waals surface area (Å²) in [4.78, 5) is 13.3. The topological polar surface area (TPSA) is 49.7 Å². The molecule has 0 aromatic heterocycles. The van der Waals surface area contributed by atoms with Crippen LogP contribution < -0.4 is 0 Å². The summed E-state index contributed by atoms with van der Waals surface area (Å²) in [6.45, 7) is 12.1. The molecule has 0 aromatic rings. The van der Waals surface area contributed by atoms with Crippen molar-refractivity contribution in [3.63, 3.8) is 0 Å². The Morgan fingerprint density at radius 1 is 1.10 bits per heavy atom. The predicted octanol–water partition coefficient (Wildman–Crippen LogP) is 7.04. The lowest BCUT2D eigenvalue weighted by molar-refractivity contribution is -0.128. The Kier molecular flexibility index (Phi) is 5.96. The summed E-state index contributed by atoms with van der Waals surface area (Å²) in [6.07, 6.45) is 13.8. The van der Waals surface area contributed by atoms with Crippen molar-refractivity contribution in [2.24, 2.45) is 51.5 Å². The van der Waals surface area contributed by atoms with Crippen LogP contribution in [0.2, 0.25) is 0 Å². The monoisotopic (exact) mass is 413 g/mol. The molecule has 0 spiro atoms. The predicted molar refractivity (Wildman–Crippen MR) is 123 cm³/mol. The zero-order valence-corrected chi connectivity index (χ0v) is 19.9. The van der Waals surface area contributed by atoms with Gasteiger partial charge in [0.05, 0.1) is 5.71 Å². The number of hydrogen-bond acceptors (Lipinski definition) is 3. The number of rotatable bonds is 5. The van der Waals surface area contributed by atoms with Crippen LogP contribution in [0.4, 0.5) is 0 Å². The van der Waals surface area contributed by atoms with Gasteiger partial charge in [0.15, 0.2) is 5.78 Å². The van der Waals surface area contributed by atoms with Crippen LogP contribution >= 0.6 is 0 Å². The molecule has 3 nitrogen and oxygen atoms in total. The van der Waals surface area contributed by atoms with Crippen LogP contribution in [0.15, 0.2) is 16.8 Å².